The number of benzene rings is 1. The van der Waals surface area contributed by atoms with Gasteiger partial charge in [-0.3, -0.25) is 10.1 Å². The van der Waals surface area contributed by atoms with E-state index in [1.807, 2.05) is 48.5 Å². The molecule has 1 N–H and O–H groups in total. The van der Waals surface area contributed by atoms with E-state index < -0.39 is 0 Å². The summed E-state index contributed by atoms with van der Waals surface area (Å²) in [4.78, 5) is 8.83. The maximum absolute atomic E-state index is 5.82. The Hall–Kier alpha value is -3.41. The Morgan fingerprint density at radius 2 is 1.96 bits per heavy atom. The molecule has 0 bridgehead atoms. The quantitative estimate of drug-likeness (QED) is 0.604. The predicted octanol–water partition coefficient (Wildman–Crippen LogP) is 3.61. The Labute approximate surface area is 144 Å². The number of ether oxygens (including phenoxy) is 2. The highest BCUT2D eigenvalue weighted by Crippen LogP contribution is 2.20. The molecule has 0 aliphatic heterocycles. The Morgan fingerprint density at radius 1 is 1.04 bits per heavy atom. The van der Waals surface area contributed by atoms with Crippen LogP contribution in [0.5, 0.6) is 11.6 Å². The van der Waals surface area contributed by atoms with E-state index in [1.54, 1.807) is 19.5 Å². The molecular formula is C19H16N4O2. The summed E-state index contributed by atoms with van der Waals surface area (Å²) < 4.78 is 11.0. The van der Waals surface area contributed by atoms with E-state index in [2.05, 4.69) is 20.2 Å². The van der Waals surface area contributed by atoms with Crippen molar-refractivity contribution in [1.29, 1.82) is 0 Å². The summed E-state index contributed by atoms with van der Waals surface area (Å²) in [5.41, 5.74) is 3.62. The standard InChI is InChI=1S/C19H16N4O2/c1-24-19-7-4-14-3-2-13(10-18(14)22-19)12-25-15-5-6-16(20-11-15)17-8-9-21-23-17/h2-11H,12H2,1H3,(H,21,23). The molecule has 3 heterocycles. The monoisotopic (exact) mass is 332 g/mol. The molecule has 0 amide bonds. The highest BCUT2D eigenvalue weighted by Gasteiger charge is 2.04. The minimum atomic E-state index is 0.444. The zero-order valence-electron chi connectivity index (χ0n) is 13.6. The lowest BCUT2D eigenvalue weighted by atomic mass is 10.1. The fraction of sp³-hybridized carbons (Fsp3) is 0.105. The van der Waals surface area contributed by atoms with Crippen molar-refractivity contribution in [3.05, 3.63) is 66.5 Å². The molecule has 0 aliphatic rings. The van der Waals surface area contributed by atoms with E-state index >= 15 is 0 Å². The SMILES string of the molecule is COc1ccc2ccc(COc3ccc(-c4ccn[nH]4)nc3)cc2n1. The zero-order valence-corrected chi connectivity index (χ0v) is 13.6. The second-order valence-corrected chi connectivity index (χ2v) is 5.52. The molecule has 0 fully saturated rings. The van der Waals surface area contributed by atoms with Crippen molar-refractivity contribution in [3.8, 4) is 23.0 Å². The molecule has 0 spiro atoms. The van der Waals surface area contributed by atoms with Crippen molar-refractivity contribution in [3.63, 3.8) is 0 Å². The van der Waals surface area contributed by atoms with Gasteiger partial charge in [0.05, 0.1) is 30.2 Å². The average Bonchev–Trinajstić information content (AvgIpc) is 3.21. The van der Waals surface area contributed by atoms with Crippen LogP contribution in [0.1, 0.15) is 5.56 Å². The fourth-order valence-corrected chi connectivity index (χ4v) is 2.54. The van der Waals surface area contributed by atoms with Crippen molar-refractivity contribution in [1.82, 2.24) is 20.2 Å². The van der Waals surface area contributed by atoms with Crippen LogP contribution in [0.25, 0.3) is 22.3 Å². The number of aromatic amines is 1. The second-order valence-electron chi connectivity index (χ2n) is 5.52. The summed E-state index contributed by atoms with van der Waals surface area (Å²) in [6.07, 6.45) is 3.41. The van der Waals surface area contributed by atoms with Crippen LogP contribution in [-0.2, 0) is 6.61 Å². The molecule has 3 aromatic heterocycles. The van der Waals surface area contributed by atoms with E-state index in [0.29, 0.717) is 18.2 Å². The minimum Gasteiger partial charge on any atom is -0.487 e. The first-order valence-electron chi connectivity index (χ1n) is 7.84. The first-order chi connectivity index (χ1) is 12.3. The van der Waals surface area contributed by atoms with Gasteiger partial charge in [0.1, 0.15) is 12.4 Å². The van der Waals surface area contributed by atoms with Gasteiger partial charge in [-0.05, 0) is 35.9 Å². The van der Waals surface area contributed by atoms with Crippen LogP contribution in [0, 0.1) is 0 Å². The van der Waals surface area contributed by atoms with Crippen molar-refractivity contribution in [2.24, 2.45) is 0 Å². The third-order valence-corrected chi connectivity index (χ3v) is 3.86. The number of nitrogens with zero attached hydrogens (tertiary/aromatic N) is 3. The van der Waals surface area contributed by atoms with Gasteiger partial charge in [0.25, 0.3) is 0 Å². The maximum atomic E-state index is 5.82. The summed E-state index contributed by atoms with van der Waals surface area (Å²) in [5, 5.41) is 7.87. The Kier molecular flexibility index (Phi) is 4.00. The third kappa shape index (κ3) is 3.28. The van der Waals surface area contributed by atoms with E-state index in [9.17, 15) is 0 Å². The van der Waals surface area contributed by atoms with Crippen LogP contribution in [0.4, 0.5) is 0 Å². The number of nitrogens with one attached hydrogen (secondary N) is 1. The molecule has 0 atom stereocenters. The summed E-state index contributed by atoms with van der Waals surface area (Å²) in [6.45, 7) is 0.444. The van der Waals surface area contributed by atoms with Crippen molar-refractivity contribution < 1.29 is 9.47 Å². The third-order valence-electron chi connectivity index (χ3n) is 3.86. The predicted molar refractivity (Wildman–Crippen MR) is 94.4 cm³/mol. The molecule has 0 saturated heterocycles. The lowest BCUT2D eigenvalue weighted by Crippen LogP contribution is -1.97. The van der Waals surface area contributed by atoms with E-state index in [0.717, 1.165) is 27.9 Å². The van der Waals surface area contributed by atoms with Gasteiger partial charge in [0, 0.05) is 17.6 Å². The van der Waals surface area contributed by atoms with Gasteiger partial charge in [-0.25, -0.2) is 4.98 Å². The van der Waals surface area contributed by atoms with Crippen molar-refractivity contribution >= 4 is 10.9 Å². The van der Waals surface area contributed by atoms with Gasteiger partial charge in [-0.15, -0.1) is 0 Å². The number of rotatable bonds is 5. The molecule has 0 aliphatic carbocycles. The van der Waals surface area contributed by atoms with Crippen molar-refractivity contribution in [2.45, 2.75) is 6.61 Å². The first-order valence-corrected chi connectivity index (χ1v) is 7.84. The smallest absolute Gasteiger partial charge is 0.213 e. The van der Waals surface area contributed by atoms with E-state index in [1.165, 1.54) is 0 Å². The lowest BCUT2D eigenvalue weighted by Gasteiger charge is -2.08. The average molecular weight is 332 g/mol. The van der Waals surface area contributed by atoms with Crippen LogP contribution in [0.2, 0.25) is 0 Å². The number of H-pyrrole nitrogens is 1. The molecule has 6 nitrogen and oxygen atoms in total. The molecule has 0 saturated carbocycles. The normalized spacial score (nSPS) is 10.8. The summed E-state index contributed by atoms with van der Waals surface area (Å²) in [7, 11) is 1.61. The Bertz CT molecular complexity index is 982. The van der Waals surface area contributed by atoms with Gasteiger partial charge in [-0.2, -0.15) is 5.10 Å². The largest absolute Gasteiger partial charge is 0.487 e. The highest BCUT2D eigenvalue weighted by atomic mass is 16.5. The number of hydrogen-bond acceptors (Lipinski definition) is 5. The fourth-order valence-electron chi connectivity index (χ4n) is 2.54. The summed E-state index contributed by atoms with van der Waals surface area (Å²) >= 11 is 0. The number of fused-ring (bicyclic) bond motifs is 1. The number of hydrogen-bond donors (Lipinski definition) is 1. The molecule has 4 aromatic rings. The molecule has 1 aromatic carbocycles. The van der Waals surface area contributed by atoms with Crippen LogP contribution >= 0.6 is 0 Å². The summed E-state index contributed by atoms with van der Waals surface area (Å²) in [6, 6.07) is 15.6. The molecular weight excluding hydrogens is 316 g/mol. The van der Waals surface area contributed by atoms with Gasteiger partial charge in [0.2, 0.25) is 5.88 Å². The minimum absolute atomic E-state index is 0.444. The van der Waals surface area contributed by atoms with Crippen LogP contribution in [0.3, 0.4) is 0 Å². The van der Waals surface area contributed by atoms with Gasteiger partial charge in [0.15, 0.2) is 0 Å². The molecule has 0 radical (unpaired) electrons. The topological polar surface area (TPSA) is 72.9 Å². The van der Waals surface area contributed by atoms with Gasteiger partial charge >= 0.3 is 0 Å². The molecule has 6 heteroatoms. The highest BCUT2D eigenvalue weighted by molar-refractivity contribution is 5.79. The number of pyridine rings is 2. The Balaban J connectivity index is 1.48. The Morgan fingerprint density at radius 3 is 2.72 bits per heavy atom. The molecule has 124 valence electrons. The maximum Gasteiger partial charge on any atom is 0.213 e. The van der Waals surface area contributed by atoms with Crippen LogP contribution < -0.4 is 9.47 Å². The number of aromatic nitrogens is 4. The molecule has 25 heavy (non-hydrogen) atoms. The second kappa shape index (κ2) is 6.60. The summed E-state index contributed by atoms with van der Waals surface area (Å²) in [5.74, 6) is 1.31. The molecule has 4 rings (SSSR count). The van der Waals surface area contributed by atoms with Gasteiger partial charge < -0.3 is 9.47 Å². The first kappa shape index (κ1) is 15.1. The van der Waals surface area contributed by atoms with Crippen LogP contribution in [0.15, 0.2) is 60.9 Å². The molecule has 0 unspecified atom stereocenters. The van der Waals surface area contributed by atoms with E-state index in [-0.39, 0.29) is 0 Å². The van der Waals surface area contributed by atoms with Gasteiger partial charge in [-0.1, -0.05) is 12.1 Å². The number of methoxy groups -OCH3 is 1. The zero-order chi connectivity index (χ0) is 17.1. The van der Waals surface area contributed by atoms with E-state index in [4.69, 9.17) is 9.47 Å². The lowest BCUT2D eigenvalue weighted by molar-refractivity contribution is 0.305. The van der Waals surface area contributed by atoms with Crippen LogP contribution in [-0.4, -0.2) is 27.3 Å². The van der Waals surface area contributed by atoms with Crippen molar-refractivity contribution in [2.75, 3.05) is 7.11 Å².